The van der Waals surface area contributed by atoms with Gasteiger partial charge in [-0.3, -0.25) is 14.9 Å². The Hall–Kier alpha value is -3.16. The predicted molar refractivity (Wildman–Crippen MR) is 89.1 cm³/mol. The van der Waals surface area contributed by atoms with E-state index in [1.807, 2.05) is 0 Å². The van der Waals surface area contributed by atoms with E-state index in [0.29, 0.717) is 11.4 Å². The summed E-state index contributed by atoms with van der Waals surface area (Å²) in [6.07, 6.45) is 0. The summed E-state index contributed by atoms with van der Waals surface area (Å²) in [4.78, 5) is 37.8. The molecule has 1 aromatic carbocycles. The number of hydrogen-bond donors (Lipinski definition) is 1. The smallest absolute Gasteiger partial charge is 0.340 e. The lowest BCUT2D eigenvalue weighted by atomic mass is 10.1. The fourth-order valence-electron chi connectivity index (χ4n) is 2.50. The molecule has 0 aliphatic rings. The summed E-state index contributed by atoms with van der Waals surface area (Å²) in [5.41, 5.74) is 1.34. The lowest BCUT2D eigenvalue weighted by molar-refractivity contribution is -0.384. The molecule has 25 heavy (non-hydrogen) atoms. The van der Waals surface area contributed by atoms with E-state index in [1.165, 1.54) is 24.3 Å². The van der Waals surface area contributed by atoms with Crippen molar-refractivity contribution >= 4 is 17.4 Å². The lowest BCUT2D eigenvalue weighted by Crippen LogP contribution is -2.17. The van der Waals surface area contributed by atoms with Gasteiger partial charge < -0.3 is 14.5 Å². The lowest BCUT2D eigenvalue weighted by Gasteiger charge is -2.08. The largest absolute Gasteiger partial charge is 0.485 e. The van der Waals surface area contributed by atoms with Gasteiger partial charge in [0.15, 0.2) is 6.61 Å². The maximum atomic E-state index is 12.5. The Bertz CT molecular complexity index is 825. The Morgan fingerprint density at radius 3 is 2.52 bits per heavy atom. The molecule has 1 heterocycles. The third-order valence-corrected chi connectivity index (χ3v) is 3.53. The van der Waals surface area contributed by atoms with E-state index >= 15 is 0 Å². The van der Waals surface area contributed by atoms with Gasteiger partial charge in [-0.1, -0.05) is 6.07 Å². The zero-order chi connectivity index (χ0) is 18.6. The van der Waals surface area contributed by atoms with Gasteiger partial charge in [-0.2, -0.15) is 0 Å². The molecule has 0 saturated heterocycles. The van der Waals surface area contributed by atoms with Crippen LogP contribution in [0, 0.1) is 24.0 Å². The average molecular weight is 346 g/mol. The summed E-state index contributed by atoms with van der Waals surface area (Å²) < 4.78 is 10.3. The van der Waals surface area contributed by atoms with Gasteiger partial charge in [0, 0.05) is 17.5 Å². The minimum atomic E-state index is -0.581. The first-order chi connectivity index (χ1) is 11.8. The number of carbonyl (C=O) groups excluding carboxylic acids is 2. The number of Topliss-reactive ketones (excluding diaryl/α,β-unsaturated/α-hetero) is 1. The van der Waals surface area contributed by atoms with Crippen LogP contribution in [-0.2, 0) is 4.74 Å². The Balaban J connectivity index is 2.20. The first kappa shape index (κ1) is 18.2. The van der Waals surface area contributed by atoms with Crippen molar-refractivity contribution in [1.29, 1.82) is 0 Å². The molecule has 0 bridgehead atoms. The number of rotatable bonds is 7. The number of ether oxygens (including phenoxy) is 2. The van der Waals surface area contributed by atoms with E-state index in [1.54, 1.807) is 20.8 Å². The number of nitro groups is 1. The molecule has 8 heteroatoms. The SMILES string of the molecule is CCOC(=O)c1c(C)[nH]c(C)c1C(=O)COc1cccc([N+](=O)[O-])c1. The van der Waals surface area contributed by atoms with Gasteiger partial charge in [0.1, 0.15) is 5.75 Å². The van der Waals surface area contributed by atoms with E-state index in [4.69, 9.17) is 9.47 Å². The normalized spacial score (nSPS) is 10.4. The van der Waals surface area contributed by atoms with Crippen molar-refractivity contribution in [2.75, 3.05) is 13.2 Å². The first-order valence-corrected chi connectivity index (χ1v) is 7.61. The molecule has 0 fully saturated rings. The molecule has 0 unspecified atom stereocenters. The Labute approximate surface area is 143 Å². The predicted octanol–water partition coefficient (Wildman–Crippen LogP) is 2.98. The zero-order valence-corrected chi connectivity index (χ0v) is 14.1. The fourth-order valence-corrected chi connectivity index (χ4v) is 2.50. The third kappa shape index (κ3) is 4.03. The van der Waals surface area contributed by atoms with Crippen LogP contribution in [-0.4, -0.2) is 34.9 Å². The Morgan fingerprint density at radius 1 is 1.20 bits per heavy atom. The number of H-pyrrole nitrogens is 1. The summed E-state index contributed by atoms with van der Waals surface area (Å²) in [5.74, 6) is -0.801. The van der Waals surface area contributed by atoms with E-state index in [9.17, 15) is 19.7 Å². The molecule has 1 N–H and O–H groups in total. The van der Waals surface area contributed by atoms with Crippen LogP contribution in [0.5, 0.6) is 5.75 Å². The average Bonchev–Trinajstić information content (AvgIpc) is 2.87. The minimum Gasteiger partial charge on any atom is -0.485 e. The molecule has 0 atom stereocenters. The molecule has 1 aromatic heterocycles. The van der Waals surface area contributed by atoms with Crippen LogP contribution in [0.2, 0.25) is 0 Å². The molecule has 132 valence electrons. The number of nitrogens with one attached hydrogen (secondary N) is 1. The van der Waals surface area contributed by atoms with Gasteiger partial charge >= 0.3 is 5.97 Å². The number of hydrogen-bond acceptors (Lipinski definition) is 6. The summed E-state index contributed by atoms with van der Waals surface area (Å²) >= 11 is 0. The van der Waals surface area contributed by atoms with Crippen molar-refractivity contribution in [3.8, 4) is 5.75 Å². The highest BCUT2D eigenvalue weighted by atomic mass is 16.6. The quantitative estimate of drug-likeness (QED) is 0.357. The summed E-state index contributed by atoms with van der Waals surface area (Å²) in [6.45, 7) is 4.87. The standard InChI is InChI=1S/C17H18N2O6/c1-4-24-17(21)16-11(3)18-10(2)15(16)14(20)9-25-13-7-5-6-12(8-13)19(22)23/h5-8,18H,4,9H2,1-3H3. The van der Waals surface area contributed by atoms with Gasteiger partial charge in [0.25, 0.3) is 5.69 Å². The number of ketones is 1. The molecule has 0 aliphatic carbocycles. The number of aromatic nitrogens is 1. The van der Waals surface area contributed by atoms with Crippen molar-refractivity contribution in [3.05, 3.63) is 56.9 Å². The fraction of sp³-hybridized carbons (Fsp3) is 0.294. The van der Waals surface area contributed by atoms with E-state index in [-0.39, 0.29) is 35.8 Å². The van der Waals surface area contributed by atoms with Crippen molar-refractivity contribution in [2.24, 2.45) is 0 Å². The molecule has 0 aliphatic heterocycles. The molecular formula is C17H18N2O6. The number of nitro benzene ring substituents is 1. The van der Waals surface area contributed by atoms with Crippen molar-refractivity contribution in [3.63, 3.8) is 0 Å². The minimum absolute atomic E-state index is 0.133. The van der Waals surface area contributed by atoms with Crippen LogP contribution in [0.3, 0.4) is 0 Å². The van der Waals surface area contributed by atoms with Crippen LogP contribution in [0.25, 0.3) is 0 Å². The first-order valence-electron chi connectivity index (χ1n) is 7.61. The van der Waals surface area contributed by atoms with E-state index < -0.39 is 16.7 Å². The molecule has 0 amide bonds. The number of nitrogens with zero attached hydrogens (tertiary/aromatic N) is 1. The maximum absolute atomic E-state index is 12.5. The van der Waals surface area contributed by atoms with Gasteiger partial charge in [-0.15, -0.1) is 0 Å². The van der Waals surface area contributed by atoms with Crippen LogP contribution >= 0.6 is 0 Å². The number of non-ortho nitro benzene ring substituents is 1. The molecule has 2 rings (SSSR count). The van der Waals surface area contributed by atoms with E-state index in [2.05, 4.69) is 4.98 Å². The van der Waals surface area contributed by atoms with Crippen LogP contribution in [0.4, 0.5) is 5.69 Å². The molecule has 0 radical (unpaired) electrons. The zero-order valence-electron chi connectivity index (χ0n) is 14.1. The van der Waals surface area contributed by atoms with Gasteiger partial charge in [-0.25, -0.2) is 4.79 Å². The number of aryl methyl sites for hydroxylation is 2. The second kappa shape index (κ2) is 7.61. The van der Waals surface area contributed by atoms with Crippen LogP contribution in [0.15, 0.2) is 24.3 Å². The van der Waals surface area contributed by atoms with Crippen LogP contribution < -0.4 is 4.74 Å². The van der Waals surface area contributed by atoms with Gasteiger partial charge in [0.2, 0.25) is 5.78 Å². The van der Waals surface area contributed by atoms with Crippen LogP contribution in [0.1, 0.15) is 39.0 Å². The number of esters is 1. The molecule has 0 saturated carbocycles. The van der Waals surface area contributed by atoms with Gasteiger partial charge in [0.05, 0.1) is 28.7 Å². The molecular weight excluding hydrogens is 328 g/mol. The topological polar surface area (TPSA) is 112 Å². The highest BCUT2D eigenvalue weighted by Crippen LogP contribution is 2.22. The number of carbonyl (C=O) groups is 2. The third-order valence-electron chi connectivity index (χ3n) is 3.53. The van der Waals surface area contributed by atoms with Crippen molar-refractivity contribution in [2.45, 2.75) is 20.8 Å². The Kier molecular flexibility index (Phi) is 5.53. The number of benzene rings is 1. The monoisotopic (exact) mass is 346 g/mol. The van der Waals surface area contributed by atoms with E-state index in [0.717, 1.165) is 0 Å². The van der Waals surface area contributed by atoms with Gasteiger partial charge in [-0.05, 0) is 26.8 Å². The summed E-state index contributed by atoms with van der Waals surface area (Å²) in [5, 5.41) is 10.8. The summed E-state index contributed by atoms with van der Waals surface area (Å²) in [6, 6.07) is 5.54. The highest BCUT2D eigenvalue weighted by molar-refractivity contribution is 6.08. The second-order valence-corrected chi connectivity index (χ2v) is 5.31. The second-order valence-electron chi connectivity index (χ2n) is 5.31. The maximum Gasteiger partial charge on any atom is 0.340 e. The molecule has 8 nitrogen and oxygen atoms in total. The number of aromatic amines is 1. The molecule has 2 aromatic rings. The molecule has 0 spiro atoms. The highest BCUT2D eigenvalue weighted by Gasteiger charge is 2.25. The summed E-state index contributed by atoms with van der Waals surface area (Å²) in [7, 11) is 0. The van der Waals surface area contributed by atoms with Crippen molar-refractivity contribution < 1.29 is 24.0 Å². The Morgan fingerprint density at radius 2 is 1.88 bits per heavy atom. The van der Waals surface area contributed by atoms with Crippen molar-refractivity contribution in [1.82, 2.24) is 4.98 Å².